The molecule has 0 amide bonds. The van der Waals surface area contributed by atoms with Gasteiger partial charge in [0.2, 0.25) is 0 Å². The number of hydrogen-bond donors (Lipinski definition) is 0. The smallest absolute Gasteiger partial charge is 0.0782 e. The number of quaternary nitrogens is 1. The highest BCUT2D eigenvalue weighted by molar-refractivity contribution is 5.64. The normalized spacial score (nSPS) is 12.3. The third kappa shape index (κ3) is 35.0. The number of carbonyl (C=O) groups is 1. The fraction of sp³-hybridized carbons (Fsp3) is 0.868. The number of rotatable bonds is 33. The number of aliphatic carboxylic acids is 1. The van der Waals surface area contributed by atoms with Crippen molar-refractivity contribution in [2.24, 2.45) is 0 Å². The first-order chi connectivity index (χ1) is 20.0. The summed E-state index contributed by atoms with van der Waals surface area (Å²) in [7, 11) is 4.87. The summed E-state index contributed by atoms with van der Waals surface area (Å²) >= 11 is 0. The summed E-state index contributed by atoms with van der Waals surface area (Å²) in [6, 6.07) is 0. The van der Waals surface area contributed by atoms with Crippen LogP contribution in [0, 0.1) is 0 Å². The Morgan fingerprint density at radius 2 is 0.829 bits per heavy atom. The Labute approximate surface area is 258 Å². The maximum atomic E-state index is 10.4. The monoisotopic (exact) mass is 576 g/mol. The van der Waals surface area contributed by atoms with Crippen molar-refractivity contribution in [3.05, 3.63) is 24.3 Å². The molecule has 0 saturated carbocycles. The van der Waals surface area contributed by atoms with Crippen LogP contribution in [-0.2, 0) is 4.79 Å². The molecule has 0 aromatic carbocycles. The average Bonchev–Trinajstić information content (AvgIpc) is 2.94. The fourth-order valence-electron chi connectivity index (χ4n) is 5.75. The van der Waals surface area contributed by atoms with Crippen LogP contribution in [-0.4, -0.2) is 37.6 Å². The second kappa shape index (κ2) is 31.8. The molecule has 0 aliphatic rings. The number of hydrogen-bond acceptors (Lipinski definition) is 2. The van der Waals surface area contributed by atoms with E-state index in [1.54, 1.807) is 0 Å². The van der Waals surface area contributed by atoms with E-state index < -0.39 is 5.97 Å². The van der Waals surface area contributed by atoms with Crippen LogP contribution in [0.5, 0.6) is 0 Å². The van der Waals surface area contributed by atoms with E-state index >= 15 is 0 Å². The van der Waals surface area contributed by atoms with Crippen molar-refractivity contribution in [1.82, 2.24) is 0 Å². The van der Waals surface area contributed by atoms with Gasteiger partial charge < -0.3 is 14.4 Å². The van der Waals surface area contributed by atoms with E-state index in [4.69, 9.17) is 0 Å². The second-order valence-electron chi connectivity index (χ2n) is 13.4. The lowest BCUT2D eigenvalue weighted by Crippen LogP contribution is -2.41. The van der Waals surface area contributed by atoms with Gasteiger partial charge in [-0.05, 0) is 70.6 Å². The molecule has 242 valence electrons. The van der Waals surface area contributed by atoms with Crippen LogP contribution >= 0.6 is 0 Å². The number of allylic oxidation sites excluding steroid dienone is 4. The van der Waals surface area contributed by atoms with E-state index in [0.717, 1.165) is 19.3 Å². The highest BCUT2D eigenvalue weighted by Gasteiger charge is 2.13. The lowest BCUT2D eigenvalue weighted by Gasteiger charge is -2.30. The predicted molar refractivity (Wildman–Crippen MR) is 180 cm³/mol. The number of carboxylic acids is 1. The molecular formula is C38H73NO2. The van der Waals surface area contributed by atoms with Crippen molar-refractivity contribution >= 4 is 5.97 Å². The Morgan fingerprint density at radius 1 is 0.488 bits per heavy atom. The van der Waals surface area contributed by atoms with Crippen LogP contribution < -0.4 is 5.11 Å². The van der Waals surface area contributed by atoms with Crippen molar-refractivity contribution in [3.8, 4) is 0 Å². The molecule has 3 heteroatoms. The Balaban J connectivity index is 3.34. The summed E-state index contributed by atoms with van der Waals surface area (Å²) in [5.74, 6) is -0.901. The molecule has 3 nitrogen and oxygen atoms in total. The van der Waals surface area contributed by atoms with Crippen LogP contribution in [0.2, 0.25) is 0 Å². The van der Waals surface area contributed by atoms with Crippen molar-refractivity contribution in [3.63, 3.8) is 0 Å². The topological polar surface area (TPSA) is 40.1 Å². The van der Waals surface area contributed by atoms with Crippen molar-refractivity contribution in [2.75, 3.05) is 27.2 Å². The van der Waals surface area contributed by atoms with Gasteiger partial charge in [0, 0.05) is 5.97 Å². The van der Waals surface area contributed by atoms with Gasteiger partial charge in [-0.1, -0.05) is 140 Å². The summed E-state index contributed by atoms with van der Waals surface area (Å²) in [5, 5.41) is 10.4. The zero-order valence-electron chi connectivity index (χ0n) is 28.3. The van der Waals surface area contributed by atoms with E-state index in [2.05, 4.69) is 45.3 Å². The molecule has 0 aromatic rings. The van der Waals surface area contributed by atoms with Gasteiger partial charge in [0.1, 0.15) is 0 Å². The van der Waals surface area contributed by atoms with Crippen LogP contribution in [0.4, 0.5) is 0 Å². The van der Waals surface area contributed by atoms with Crippen molar-refractivity contribution in [2.45, 2.75) is 187 Å². The van der Waals surface area contributed by atoms with Gasteiger partial charge in [0.25, 0.3) is 0 Å². The first-order valence-electron chi connectivity index (χ1n) is 18.3. The minimum absolute atomic E-state index is 0.231. The molecule has 0 N–H and O–H groups in total. The molecule has 0 spiro atoms. The maximum absolute atomic E-state index is 10.4. The predicted octanol–water partition coefficient (Wildman–Crippen LogP) is 10.9. The molecule has 0 aromatic heterocycles. The zero-order chi connectivity index (χ0) is 30.1. The third-order valence-electron chi connectivity index (χ3n) is 8.61. The minimum atomic E-state index is -0.901. The minimum Gasteiger partial charge on any atom is -0.550 e. The summed E-state index contributed by atoms with van der Waals surface area (Å²) < 4.78 is 1.21. The first kappa shape index (κ1) is 39.9. The second-order valence-corrected chi connectivity index (χ2v) is 13.4. The molecule has 41 heavy (non-hydrogen) atoms. The molecule has 0 rings (SSSR count). The Hall–Kier alpha value is -1.09. The molecule has 0 heterocycles. The van der Waals surface area contributed by atoms with Gasteiger partial charge in [0.15, 0.2) is 0 Å². The van der Waals surface area contributed by atoms with Crippen LogP contribution in [0.25, 0.3) is 0 Å². The summed E-state index contributed by atoms with van der Waals surface area (Å²) in [6.07, 6.45) is 45.3. The summed E-state index contributed by atoms with van der Waals surface area (Å²) in [5.41, 5.74) is 0. The van der Waals surface area contributed by atoms with Crippen molar-refractivity contribution in [1.29, 1.82) is 0 Å². The van der Waals surface area contributed by atoms with Gasteiger partial charge in [-0.25, -0.2) is 0 Å². The SMILES string of the molecule is CCCCC/C=C\C/C=C\CCCCCCCC[N+](C)(C)CCCCCCCCCCCCCCCCCC(=O)[O-]. The quantitative estimate of drug-likeness (QED) is 0.0443. The highest BCUT2D eigenvalue weighted by Crippen LogP contribution is 2.15. The summed E-state index contributed by atoms with van der Waals surface area (Å²) in [4.78, 5) is 10.4. The lowest BCUT2D eigenvalue weighted by molar-refractivity contribution is -0.890. The number of carboxylic acid groups (broad SMARTS) is 1. The molecule has 0 unspecified atom stereocenters. The van der Waals surface area contributed by atoms with Crippen molar-refractivity contribution < 1.29 is 14.4 Å². The van der Waals surface area contributed by atoms with E-state index in [0.29, 0.717) is 0 Å². The molecule has 0 aliphatic heterocycles. The van der Waals surface area contributed by atoms with E-state index in [-0.39, 0.29) is 6.42 Å². The largest absolute Gasteiger partial charge is 0.550 e. The summed E-state index contributed by atoms with van der Waals surface area (Å²) in [6.45, 7) is 4.96. The maximum Gasteiger partial charge on any atom is 0.0782 e. The highest BCUT2D eigenvalue weighted by atomic mass is 16.4. The molecular weight excluding hydrogens is 502 g/mol. The van der Waals surface area contributed by atoms with E-state index in [9.17, 15) is 9.90 Å². The van der Waals surface area contributed by atoms with E-state index in [1.807, 2.05) is 0 Å². The van der Waals surface area contributed by atoms with Crippen LogP contribution in [0.3, 0.4) is 0 Å². The molecule has 0 bridgehead atoms. The number of nitrogens with zero attached hydrogens (tertiary/aromatic N) is 1. The molecule has 0 saturated heterocycles. The van der Waals surface area contributed by atoms with Gasteiger partial charge in [-0.15, -0.1) is 0 Å². The van der Waals surface area contributed by atoms with Gasteiger partial charge in [-0.2, -0.15) is 0 Å². The Morgan fingerprint density at radius 3 is 1.22 bits per heavy atom. The molecule has 0 fully saturated rings. The third-order valence-corrected chi connectivity index (χ3v) is 8.61. The average molecular weight is 576 g/mol. The first-order valence-corrected chi connectivity index (χ1v) is 18.3. The molecule has 0 radical (unpaired) electrons. The molecule has 0 aliphatic carbocycles. The van der Waals surface area contributed by atoms with Crippen LogP contribution in [0.15, 0.2) is 24.3 Å². The molecule has 0 atom stereocenters. The van der Waals surface area contributed by atoms with E-state index in [1.165, 1.54) is 172 Å². The lowest BCUT2D eigenvalue weighted by atomic mass is 10.0. The fourth-order valence-corrected chi connectivity index (χ4v) is 5.75. The van der Waals surface area contributed by atoms with Gasteiger partial charge in [0.05, 0.1) is 27.2 Å². The number of carbonyl (C=O) groups excluding carboxylic acids is 1. The van der Waals surface area contributed by atoms with Gasteiger partial charge >= 0.3 is 0 Å². The number of unbranched alkanes of at least 4 members (excludes halogenated alkanes) is 23. The Bertz CT molecular complexity index is 595. The van der Waals surface area contributed by atoms with Crippen LogP contribution in [0.1, 0.15) is 187 Å². The zero-order valence-corrected chi connectivity index (χ0v) is 28.3. The Kier molecular flexibility index (Phi) is 31.0. The van der Waals surface area contributed by atoms with Gasteiger partial charge in [-0.3, -0.25) is 0 Å². The standard InChI is InChI=1S/C38H73NO2/c1-4-5-6-7-8-9-10-11-12-15-18-21-24-27-30-33-36-39(2,3)37-34-31-28-25-22-19-16-13-14-17-20-23-26-29-32-35-38(40)41/h8-9,11-12H,4-7,10,13-37H2,1-3H3/b9-8-,12-11-.